The van der Waals surface area contributed by atoms with Crippen molar-refractivity contribution in [2.24, 2.45) is 0 Å². The molecule has 0 spiro atoms. The highest BCUT2D eigenvalue weighted by Crippen LogP contribution is 2.41. The molecule has 2 aromatic carbocycles. The molecule has 0 aliphatic carbocycles. The largest absolute Gasteiger partial charge is 0.416 e. The second-order valence-electron chi connectivity index (χ2n) is 12.0. The van der Waals surface area contributed by atoms with Crippen LogP contribution < -0.4 is 9.80 Å². The minimum Gasteiger partial charge on any atom is -0.313 e. The van der Waals surface area contributed by atoms with E-state index in [1.807, 2.05) is 0 Å². The molecule has 3 aromatic rings. The third-order valence-electron chi connectivity index (χ3n) is 8.66. The number of alkyl halides is 6. The average Bonchev–Trinajstić information content (AvgIpc) is 3.45. The number of rotatable bonds is 5. The first-order valence-electron chi connectivity index (χ1n) is 14.3. The summed E-state index contributed by atoms with van der Waals surface area (Å²) in [4.78, 5) is 36.6. The van der Waals surface area contributed by atoms with Gasteiger partial charge in [0.15, 0.2) is 0 Å². The molecule has 3 heterocycles. The van der Waals surface area contributed by atoms with Crippen molar-refractivity contribution in [2.75, 3.05) is 36.5 Å². The number of carbonyl (C=O) groups excluding carboxylic acids is 2. The van der Waals surface area contributed by atoms with E-state index in [1.54, 1.807) is 17.9 Å². The van der Waals surface area contributed by atoms with Gasteiger partial charge in [-0.2, -0.15) is 26.3 Å². The summed E-state index contributed by atoms with van der Waals surface area (Å²) >= 11 is 0. The number of hydrogen-bond acceptors (Lipinski definition) is 4. The maximum absolute atomic E-state index is 14.1. The summed E-state index contributed by atoms with van der Waals surface area (Å²) in [6.45, 7) is 5.99. The highest BCUT2D eigenvalue weighted by Gasteiger charge is 2.42. The van der Waals surface area contributed by atoms with Crippen LogP contribution in [0.2, 0.25) is 0 Å². The van der Waals surface area contributed by atoms with Crippen LogP contribution in [-0.2, 0) is 27.4 Å². The van der Waals surface area contributed by atoms with Gasteiger partial charge < -0.3 is 4.90 Å². The van der Waals surface area contributed by atoms with E-state index in [0.29, 0.717) is 47.7 Å². The Morgan fingerprint density at radius 2 is 1.51 bits per heavy atom. The highest BCUT2D eigenvalue weighted by atomic mass is 19.4. The Bertz CT molecular complexity index is 1620. The number of pyridine rings is 1. The molecule has 2 saturated heterocycles. The molecule has 2 fully saturated rings. The smallest absolute Gasteiger partial charge is 0.313 e. The summed E-state index contributed by atoms with van der Waals surface area (Å²) in [6, 6.07) is 6.44. The molecule has 0 radical (unpaired) electrons. The van der Waals surface area contributed by atoms with E-state index < -0.39 is 46.2 Å². The van der Waals surface area contributed by atoms with Gasteiger partial charge in [-0.25, -0.2) is 9.37 Å². The van der Waals surface area contributed by atoms with Crippen molar-refractivity contribution in [3.05, 3.63) is 76.7 Å². The van der Waals surface area contributed by atoms with Gasteiger partial charge in [0.1, 0.15) is 11.6 Å². The Morgan fingerprint density at radius 1 is 0.889 bits per heavy atom. The number of aromatic nitrogens is 1. The van der Waals surface area contributed by atoms with Crippen molar-refractivity contribution in [3.63, 3.8) is 0 Å². The van der Waals surface area contributed by atoms with Crippen LogP contribution in [0.3, 0.4) is 0 Å². The van der Waals surface area contributed by atoms with Crippen molar-refractivity contribution in [1.29, 1.82) is 0 Å². The molecule has 45 heavy (non-hydrogen) atoms. The molecule has 6 nitrogen and oxygen atoms in total. The van der Waals surface area contributed by atoms with Gasteiger partial charge in [0.2, 0.25) is 11.8 Å². The molecule has 0 saturated carbocycles. The van der Waals surface area contributed by atoms with Crippen molar-refractivity contribution in [2.45, 2.75) is 57.4 Å². The molecule has 240 valence electrons. The Balaban J connectivity index is 1.59. The summed E-state index contributed by atoms with van der Waals surface area (Å²) in [7, 11) is 1.34. The summed E-state index contributed by atoms with van der Waals surface area (Å²) in [5.74, 6) is -1.13. The fraction of sp³-hybridized carbons (Fsp3) is 0.406. The van der Waals surface area contributed by atoms with Crippen LogP contribution in [0.5, 0.6) is 0 Å². The van der Waals surface area contributed by atoms with Crippen molar-refractivity contribution >= 4 is 23.3 Å². The van der Waals surface area contributed by atoms with Crippen molar-refractivity contribution in [3.8, 4) is 11.1 Å². The number of benzene rings is 2. The van der Waals surface area contributed by atoms with Crippen molar-refractivity contribution in [1.82, 2.24) is 9.88 Å². The van der Waals surface area contributed by atoms with Crippen LogP contribution in [0.25, 0.3) is 11.1 Å². The molecule has 2 amide bonds. The predicted molar refractivity (Wildman–Crippen MR) is 154 cm³/mol. The van der Waals surface area contributed by atoms with E-state index in [-0.39, 0.29) is 23.7 Å². The number of nitrogens with zero attached hydrogens (tertiary/aromatic N) is 4. The first kappa shape index (κ1) is 32.4. The van der Waals surface area contributed by atoms with E-state index in [2.05, 4.69) is 9.88 Å². The molecule has 1 unspecified atom stereocenters. The van der Waals surface area contributed by atoms with Gasteiger partial charge in [-0.3, -0.25) is 19.4 Å². The number of aryl methyl sites for hydroxylation is 1. The molecule has 2 aliphatic heterocycles. The molecular weight excluding hydrogens is 605 g/mol. The molecule has 1 atom stereocenters. The number of carbonyl (C=O) groups is 2. The average molecular weight is 637 g/mol. The van der Waals surface area contributed by atoms with Gasteiger partial charge in [-0.05, 0) is 93.2 Å². The van der Waals surface area contributed by atoms with E-state index in [9.17, 15) is 40.3 Å². The lowest BCUT2D eigenvalue weighted by atomic mass is 9.81. The fourth-order valence-electron chi connectivity index (χ4n) is 6.08. The number of fused-ring (bicyclic) bond motifs is 1. The van der Waals surface area contributed by atoms with Crippen LogP contribution in [0, 0.1) is 12.7 Å². The minimum atomic E-state index is -5.09. The lowest BCUT2D eigenvalue weighted by Crippen LogP contribution is -2.54. The summed E-state index contributed by atoms with van der Waals surface area (Å²) in [5, 5.41) is 0. The van der Waals surface area contributed by atoms with Crippen LogP contribution in [0.4, 0.5) is 42.2 Å². The van der Waals surface area contributed by atoms with Gasteiger partial charge in [0.25, 0.3) is 0 Å². The first-order valence-corrected chi connectivity index (χ1v) is 14.3. The minimum absolute atomic E-state index is 0.0124. The predicted octanol–water partition coefficient (Wildman–Crippen LogP) is 6.99. The zero-order valence-electron chi connectivity index (χ0n) is 25.0. The third kappa shape index (κ3) is 6.14. The zero-order chi connectivity index (χ0) is 33.1. The third-order valence-corrected chi connectivity index (χ3v) is 8.66. The summed E-state index contributed by atoms with van der Waals surface area (Å²) in [6.07, 6.45) is -7.22. The van der Waals surface area contributed by atoms with Gasteiger partial charge >= 0.3 is 12.4 Å². The quantitative estimate of drug-likeness (QED) is 0.284. The maximum atomic E-state index is 14.1. The standard InChI is InChI=1S/C32H31F7N4O2/c1-18-12-22(33)7-8-23(18)24-16-27(43-11-10-42-9-5-6-25(42)28(43)44)40-17-26(24)41(4)29(45)30(2,3)19-13-20(31(34,35)36)15-21(14-19)32(37,38)39/h7-8,12-17,25H,5-6,9-11H2,1-4H3. The summed E-state index contributed by atoms with van der Waals surface area (Å²) < 4.78 is 95.8. The van der Waals surface area contributed by atoms with Crippen LogP contribution in [0.1, 0.15) is 48.9 Å². The summed E-state index contributed by atoms with van der Waals surface area (Å²) in [5.41, 5.74) is -3.87. The van der Waals surface area contributed by atoms with Gasteiger partial charge in [-0.15, -0.1) is 0 Å². The van der Waals surface area contributed by atoms with Crippen LogP contribution in [0.15, 0.2) is 48.7 Å². The highest BCUT2D eigenvalue weighted by molar-refractivity contribution is 6.04. The SMILES string of the molecule is Cc1cc(F)ccc1-c1cc(N2CCN3CCCC3C2=O)ncc1N(C)C(=O)C(C)(C)c1cc(C(F)(F)F)cc(C(F)(F)F)c1. The van der Waals surface area contributed by atoms with E-state index >= 15 is 0 Å². The van der Waals surface area contributed by atoms with Gasteiger partial charge in [0.05, 0.1) is 34.5 Å². The number of halogens is 7. The van der Waals surface area contributed by atoms with E-state index in [4.69, 9.17) is 0 Å². The monoisotopic (exact) mass is 636 g/mol. The number of anilines is 2. The van der Waals surface area contributed by atoms with Gasteiger partial charge in [-0.1, -0.05) is 6.07 Å². The molecule has 0 N–H and O–H groups in total. The van der Waals surface area contributed by atoms with E-state index in [1.165, 1.54) is 45.3 Å². The first-order chi connectivity index (χ1) is 20.9. The number of likely N-dealkylation sites (N-methyl/N-ethyl adjacent to an activating group) is 1. The van der Waals surface area contributed by atoms with Crippen LogP contribution in [-0.4, -0.2) is 54.4 Å². The van der Waals surface area contributed by atoms with E-state index in [0.717, 1.165) is 24.3 Å². The van der Waals surface area contributed by atoms with Crippen molar-refractivity contribution < 1.29 is 40.3 Å². The Labute approximate surface area is 255 Å². The second-order valence-corrected chi connectivity index (χ2v) is 12.0. The Morgan fingerprint density at radius 3 is 2.11 bits per heavy atom. The molecule has 1 aromatic heterocycles. The molecule has 0 bridgehead atoms. The Hall–Kier alpha value is -4.00. The molecular formula is C32H31F7N4O2. The lowest BCUT2D eigenvalue weighted by Gasteiger charge is -2.36. The second kappa shape index (κ2) is 11.4. The van der Waals surface area contributed by atoms with Gasteiger partial charge in [0, 0.05) is 25.7 Å². The lowest BCUT2D eigenvalue weighted by molar-refractivity contribution is -0.143. The zero-order valence-corrected chi connectivity index (χ0v) is 25.0. The topological polar surface area (TPSA) is 56.8 Å². The molecule has 13 heteroatoms. The molecule has 5 rings (SSSR count). The number of amides is 2. The fourth-order valence-corrected chi connectivity index (χ4v) is 6.08. The normalized spacial score (nSPS) is 17.9. The molecule has 2 aliphatic rings. The number of hydrogen-bond donors (Lipinski definition) is 0. The maximum Gasteiger partial charge on any atom is 0.416 e. The number of piperazine rings is 1. The Kier molecular flexibility index (Phi) is 8.22. The van der Waals surface area contributed by atoms with Crippen LogP contribution >= 0.6 is 0 Å².